The molecule has 0 amide bonds. The average molecular weight is 329 g/mol. The Labute approximate surface area is 132 Å². The van der Waals surface area contributed by atoms with Crippen LogP contribution in [0.25, 0.3) is 0 Å². The molecule has 21 heavy (non-hydrogen) atoms. The molecule has 1 aliphatic carbocycles. The smallest absolute Gasteiger partial charge is 0.240 e. The molecule has 2 N–H and O–H groups in total. The summed E-state index contributed by atoms with van der Waals surface area (Å²) in [5, 5.41) is 3.73. The lowest BCUT2D eigenvalue weighted by Crippen LogP contribution is -2.29. The van der Waals surface area contributed by atoms with E-state index < -0.39 is 10.0 Å². The van der Waals surface area contributed by atoms with Gasteiger partial charge in [-0.05, 0) is 49.8 Å². The predicted molar refractivity (Wildman–Crippen MR) is 89.3 cm³/mol. The summed E-state index contributed by atoms with van der Waals surface area (Å²) in [5.41, 5.74) is 1.17. The standard InChI is InChI=1S/C15H24N2O2S2/c1-12(20-2)11-17-21(18,19)15-7-3-13(4-8-15)9-10-16-14-5-6-14/h3-4,7-8,12,14,16-17H,5-6,9-11H2,1-2H3. The lowest BCUT2D eigenvalue weighted by molar-refractivity contribution is 0.581. The third-order valence-electron chi connectivity index (χ3n) is 3.62. The van der Waals surface area contributed by atoms with Gasteiger partial charge in [0.25, 0.3) is 0 Å². The van der Waals surface area contributed by atoms with Gasteiger partial charge >= 0.3 is 0 Å². The van der Waals surface area contributed by atoms with Gasteiger partial charge in [0.1, 0.15) is 0 Å². The van der Waals surface area contributed by atoms with Crippen LogP contribution in [0.5, 0.6) is 0 Å². The Balaban J connectivity index is 1.87. The van der Waals surface area contributed by atoms with Crippen LogP contribution in [-0.2, 0) is 16.4 Å². The highest BCUT2D eigenvalue weighted by Crippen LogP contribution is 2.18. The van der Waals surface area contributed by atoms with E-state index in [0.29, 0.717) is 17.5 Å². The summed E-state index contributed by atoms with van der Waals surface area (Å²) in [5.74, 6) is 0. The molecule has 1 fully saturated rings. The average Bonchev–Trinajstić information content (AvgIpc) is 3.29. The molecule has 0 radical (unpaired) electrons. The van der Waals surface area contributed by atoms with E-state index in [1.807, 2.05) is 25.3 Å². The number of benzene rings is 1. The van der Waals surface area contributed by atoms with Crippen LogP contribution in [0.4, 0.5) is 0 Å². The van der Waals surface area contributed by atoms with Crippen LogP contribution >= 0.6 is 11.8 Å². The van der Waals surface area contributed by atoms with Gasteiger partial charge in [-0.15, -0.1) is 0 Å². The summed E-state index contributed by atoms with van der Waals surface area (Å²) in [4.78, 5) is 0.342. The molecule has 0 aromatic heterocycles. The van der Waals surface area contributed by atoms with Crippen molar-refractivity contribution in [3.63, 3.8) is 0 Å². The highest BCUT2D eigenvalue weighted by atomic mass is 32.2. The van der Waals surface area contributed by atoms with Gasteiger partial charge in [-0.2, -0.15) is 11.8 Å². The second-order valence-corrected chi connectivity index (χ2v) is 8.56. The van der Waals surface area contributed by atoms with E-state index >= 15 is 0 Å². The minimum Gasteiger partial charge on any atom is -0.314 e. The van der Waals surface area contributed by atoms with E-state index in [-0.39, 0.29) is 5.25 Å². The Morgan fingerprint density at radius 1 is 1.29 bits per heavy atom. The number of thioether (sulfide) groups is 1. The fraction of sp³-hybridized carbons (Fsp3) is 0.600. The molecule has 6 heteroatoms. The zero-order valence-electron chi connectivity index (χ0n) is 12.6. The molecule has 1 aromatic carbocycles. The van der Waals surface area contributed by atoms with Crippen LogP contribution in [0.15, 0.2) is 29.2 Å². The quantitative estimate of drug-likeness (QED) is 0.728. The Bertz CT molecular complexity index is 539. The summed E-state index contributed by atoms with van der Waals surface area (Å²) < 4.78 is 26.9. The van der Waals surface area contributed by atoms with Crippen molar-refractivity contribution in [2.24, 2.45) is 0 Å². The van der Waals surface area contributed by atoms with E-state index in [1.165, 1.54) is 18.4 Å². The largest absolute Gasteiger partial charge is 0.314 e. The molecule has 118 valence electrons. The fourth-order valence-electron chi connectivity index (χ4n) is 1.94. The van der Waals surface area contributed by atoms with Crippen LogP contribution < -0.4 is 10.0 Å². The van der Waals surface area contributed by atoms with Gasteiger partial charge in [-0.3, -0.25) is 0 Å². The summed E-state index contributed by atoms with van der Waals surface area (Å²) in [6, 6.07) is 7.91. The first-order chi connectivity index (χ1) is 10.0. The first-order valence-corrected chi connectivity index (χ1v) is 10.1. The molecule has 1 saturated carbocycles. The number of rotatable bonds is 9. The van der Waals surface area contributed by atoms with Gasteiger partial charge in [-0.25, -0.2) is 13.1 Å². The molecule has 0 heterocycles. The third kappa shape index (κ3) is 5.62. The van der Waals surface area contributed by atoms with Crippen molar-refractivity contribution >= 4 is 21.8 Å². The first kappa shape index (κ1) is 16.8. The van der Waals surface area contributed by atoms with Gasteiger partial charge in [-0.1, -0.05) is 19.1 Å². The Hall–Kier alpha value is -0.560. The molecule has 1 unspecified atom stereocenters. The monoisotopic (exact) mass is 328 g/mol. The van der Waals surface area contributed by atoms with Crippen molar-refractivity contribution in [1.29, 1.82) is 0 Å². The van der Waals surface area contributed by atoms with Crippen LogP contribution in [0.3, 0.4) is 0 Å². The van der Waals surface area contributed by atoms with Gasteiger partial charge < -0.3 is 5.32 Å². The van der Waals surface area contributed by atoms with Gasteiger partial charge in [0.05, 0.1) is 4.90 Å². The second-order valence-electron chi connectivity index (χ2n) is 5.52. The van der Waals surface area contributed by atoms with Crippen LogP contribution in [0, 0.1) is 0 Å². The highest BCUT2D eigenvalue weighted by molar-refractivity contribution is 7.99. The SMILES string of the molecule is CSC(C)CNS(=O)(=O)c1ccc(CCNC2CC2)cc1. The van der Waals surface area contributed by atoms with Crippen molar-refractivity contribution in [3.8, 4) is 0 Å². The maximum Gasteiger partial charge on any atom is 0.240 e. The summed E-state index contributed by atoms with van der Waals surface area (Å²) >= 11 is 1.65. The third-order valence-corrected chi connectivity index (χ3v) is 6.03. The fourth-order valence-corrected chi connectivity index (χ4v) is 3.42. The Morgan fingerprint density at radius 2 is 1.95 bits per heavy atom. The second kappa shape index (κ2) is 7.63. The Kier molecular flexibility index (Phi) is 6.10. The van der Waals surface area contributed by atoms with Crippen molar-refractivity contribution in [3.05, 3.63) is 29.8 Å². The number of nitrogens with one attached hydrogen (secondary N) is 2. The van der Waals surface area contributed by atoms with Crippen molar-refractivity contribution in [2.45, 2.75) is 42.4 Å². The van der Waals surface area contributed by atoms with E-state index in [2.05, 4.69) is 10.0 Å². The number of hydrogen-bond acceptors (Lipinski definition) is 4. The predicted octanol–water partition coefficient (Wildman–Crippen LogP) is 2.01. The number of sulfonamides is 1. The van der Waals surface area contributed by atoms with E-state index in [9.17, 15) is 8.42 Å². The van der Waals surface area contributed by atoms with Crippen molar-refractivity contribution in [2.75, 3.05) is 19.3 Å². The molecule has 1 atom stereocenters. The molecule has 0 aliphatic heterocycles. The van der Waals surface area contributed by atoms with E-state index in [4.69, 9.17) is 0 Å². The Morgan fingerprint density at radius 3 is 2.52 bits per heavy atom. The molecule has 0 bridgehead atoms. The molecule has 1 aromatic rings. The molecule has 2 rings (SSSR count). The zero-order valence-corrected chi connectivity index (χ0v) is 14.3. The highest BCUT2D eigenvalue weighted by Gasteiger charge is 2.19. The molecule has 1 aliphatic rings. The molecule has 4 nitrogen and oxygen atoms in total. The van der Waals surface area contributed by atoms with Crippen LogP contribution in [0.1, 0.15) is 25.3 Å². The normalized spacial score (nSPS) is 16.9. The minimum atomic E-state index is -3.39. The lowest BCUT2D eigenvalue weighted by atomic mass is 10.1. The summed E-state index contributed by atoms with van der Waals surface area (Å²) in [6.45, 7) is 3.42. The molecule has 0 spiro atoms. The lowest BCUT2D eigenvalue weighted by Gasteiger charge is -2.11. The van der Waals surface area contributed by atoms with Gasteiger partial charge in [0.2, 0.25) is 10.0 Å². The van der Waals surface area contributed by atoms with Crippen LogP contribution in [0.2, 0.25) is 0 Å². The number of hydrogen-bond donors (Lipinski definition) is 2. The molecule has 0 saturated heterocycles. The van der Waals surface area contributed by atoms with E-state index in [1.54, 1.807) is 23.9 Å². The molecular weight excluding hydrogens is 304 g/mol. The zero-order chi connectivity index (χ0) is 15.3. The molecular formula is C15H24N2O2S2. The summed E-state index contributed by atoms with van der Waals surface area (Å²) in [7, 11) is -3.39. The maximum absolute atomic E-state index is 12.1. The van der Waals surface area contributed by atoms with Crippen LogP contribution in [-0.4, -0.2) is 39.1 Å². The maximum atomic E-state index is 12.1. The van der Waals surface area contributed by atoms with Gasteiger partial charge in [0, 0.05) is 17.8 Å². The van der Waals surface area contributed by atoms with E-state index in [0.717, 1.165) is 13.0 Å². The topological polar surface area (TPSA) is 58.2 Å². The minimum absolute atomic E-state index is 0.271. The van der Waals surface area contributed by atoms with Crippen molar-refractivity contribution < 1.29 is 8.42 Å². The van der Waals surface area contributed by atoms with Gasteiger partial charge in [0.15, 0.2) is 0 Å². The summed E-state index contributed by atoms with van der Waals surface area (Å²) in [6.07, 6.45) is 5.49. The first-order valence-electron chi connectivity index (χ1n) is 7.36. The van der Waals surface area contributed by atoms with Crippen molar-refractivity contribution in [1.82, 2.24) is 10.0 Å².